The second kappa shape index (κ2) is 4.95. The topological polar surface area (TPSA) is 64.1 Å². The lowest BCUT2D eigenvalue weighted by Crippen LogP contribution is -2.18. The average Bonchev–Trinajstić information content (AvgIpc) is 2.80. The molecule has 2 rings (SSSR count). The Bertz CT molecular complexity index is 529. The van der Waals surface area contributed by atoms with E-state index in [2.05, 4.69) is 20.9 Å². The highest BCUT2D eigenvalue weighted by molar-refractivity contribution is 9.10. The van der Waals surface area contributed by atoms with Gasteiger partial charge < -0.3 is 15.4 Å². The molecule has 1 aromatic heterocycles. The molecule has 0 aliphatic rings. The third-order valence-electron chi connectivity index (χ3n) is 2.43. The average molecular weight is 300 g/mol. The van der Waals surface area contributed by atoms with Crippen LogP contribution in [-0.4, -0.2) is 21.3 Å². The van der Waals surface area contributed by atoms with Gasteiger partial charge in [0.15, 0.2) is 0 Å². The van der Waals surface area contributed by atoms with Crippen LogP contribution in [0.5, 0.6) is 0 Å². The van der Waals surface area contributed by atoms with E-state index in [0.29, 0.717) is 10.2 Å². The van der Waals surface area contributed by atoms with Crippen molar-refractivity contribution in [3.63, 3.8) is 0 Å². The number of nitrogens with zero attached hydrogens (tertiary/aromatic N) is 2. The van der Waals surface area contributed by atoms with E-state index in [1.54, 1.807) is 29.2 Å². The first-order valence-electron chi connectivity index (χ1n) is 4.97. The van der Waals surface area contributed by atoms with Crippen LogP contribution < -0.4 is 5.73 Å². The Labute approximate surface area is 106 Å². The van der Waals surface area contributed by atoms with E-state index in [1.165, 1.54) is 6.07 Å². The van der Waals surface area contributed by atoms with Crippen molar-refractivity contribution in [1.29, 1.82) is 0 Å². The number of rotatable bonds is 3. The Hall–Kier alpha value is -1.24. The molecule has 0 saturated carbocycles. The standard InChI is InChI=1S/C11H11BrFN3O/c12-8-3-7(1-2-9(8)13)16-6-15-4-11(16)10(14)5-17/h1-4,6,10,17H,5,14H2. The monoisotopic (exact) mass is 299 g/mol. The Balaban J connectivity index is 2.46. The van der Waals surface area contributed by atoms with Gasteiger partial charge in [0.1, 0.15) is 5.82 Å². The van der Waals surface area contributed by atoms with E-state index in [1.807, 2.05) is 0 Å². The highest BCUT2D eigenvalue weighted by atomic mass is 79.9. The molecular weight excluding hydrogens is 289 g/mol. The number of imidazole rings is 1. The Morgan fingerprint density at radius 2 is 2.29 bits per heavy atom. The molecule has 6 heteroatoms. The van der Waals surface area contributed by atoms with E-state index in [4.69, 9.17) is 10.8 Å². The summed E-state index contributed by atoms with van der Waals surface area (Å²) in [7, 11) is 0. The number of benzene rings is 1. The highest BCUT2D eigenvalue weighted by Gasteiger charge is 2.12. The van der Waals surface area contributed by atoms with Gasteiger partial charge in [-0.25, -0.2) is 9.37 Å². The molecule has 0 amide bonds. The lowest BCUT2D eigenvalue weighted by Gasteiger charge is -2.12. The minimum Gasteiger partial charge on any atom is -0.394 e. The van der Waals surface area contributed by atoms with Crippen LogP contribution in [-0.2, 0) is 0 Å². The van der Waals surface area contributed by atoms with E-state index < -0.39 is 6.04 Å². The van der Waals surface area contributed by atoms with Crippen LogP contribution in [0.2, 0.25) is 0 Å². The summed E-state index contributed by atoms with van der Waals surface area (Å²) in [6.07, 6.45) is 3.16. The fraction of sp³-hybridized carbons (Fsp3) is 0.182. The number of aromatic nitrogens is 2. The summed E-state index contributed by atoms with van der Waals surface area (Å²) in [6.45, 7) is -0.173. The highest BCUT2D eigenvalue weighted by Crippen LogP contribution is 2.22. The summed E-state index contributed by atoms with van der Waals surface area (Å²) < 4.78 is 15.2. The van der Waals surface area contributed by atoms with Crippen LogP contribution in [0.25, 0.3) is 5.69 Å². The first-order valence-corrected chi connectivity index (χ1v) is 5.77. The summed E-state index contributed by atoms with van der Waals surface area (Å²) >= 11 is 3.12. The van der Waals surface area contributed by atoms with Crippen molar-refractivity contribution in [3.05, 3.63) is 46.7 Å². The van der Waals surface area contributed by atoms with Crippen molar-refractivity contribution in [1.82, 2.24) is 9.55 Å². The molecule has 1 aromatic carbocycles. The first kappa shape index (κ1) is 12.2. The summed E-state index contributed by atoms with van der Waals surface area (Å²) in [5, 5.41) is 9.04. The minimum absolute atomic E-state index is 0.173. The minimum atomic E-state index is -0.513. The predicted octanol–water partition coefficient (Wildman–Crippen LogP) is 1.77. The third kappa shape index (κ3) is 2.38. The zero-order chi connectivity index (χ0) is 12.4. The van der Waals surface area contributed by atoms with Crippen molar-refractivity contribution in [2.75, 3.05) is 6.61 Å². The maximum Gasteiger partial charge on any atom is 0.137 e. The van der Waals surface area contributed by atoms with Crippen molar-refractivity contribution < 1.29 is 9.50 Å². The molecule has 0 fully saturated rings. The number of aliphatic hydroxyl groups excluding tert-OH is 1. The number of nitrogens with two attached hydrogens (primary N) is 1. The summed E-state index contributed by atoms with van der Waals surface area (Å²) in [4.78, 5) is 3.98. The smallest absolute Gasteiger partial charge is 0.137 e. The van der Waals surface area contributed by atoms with Crippen molar-refractivity contribution in [2.24, 2.45) is 5.73 Å². The van der Waals surface area contributed by atoms with Crippen molar-refractivity contribution in [3.8, 4) is 5.69 Å². The van der Waals surface area contributed by atoms with Crippen molar-refractivity contribution in [2.45, 2.75) is 6.04 Å². The van der Waals surface area contributed by atoms with Crippen LogP contribution >= 0.6 is 15.9 Å². The molecule has 0 radical (unpaired) electrons. The summed E-state index contributed by atoms with van der Waals surface area (Å²) in [6, 6.07) is 4.09. The van der Waals surface area contributed by atoms with E-state index in [0.717, 1.165) is 5.69 Å². The van der Waals surface area contributed by atoms with Gasteiger partial charge in [-0.15, -0.1) is 0 Å². The molecular formula is C11H11BrFN3O. The Morgan fingerprint density at radius 3 is 2.94 bits per heavy atom. The molecule has 0 aliphatic carbocycles. The predicted molar refractivity (Wildman–Crippen MR) is 65.2 cm³/mol. The van der Waals surface area contributed by atoms with Gasteiger partial charge in [0.05, 0.1) is 35.3 Å². The van der Waals surface area contributed by atoms with Gasteiger partial charge in [0, 0.05) is 5.69 Å². The number of hydrogen-bond acceptors (Lipinski definition) is 3. The molecule has 1 unspecified atom stereocenters. The molecule has 17 heavy (non-hydrogen) atoms. The number of halogens is 2. The molecule has 0 spiro atoms. The van der Waals surface area contributed by atoms with E-state index in [9.17, 15) is 4.39 Å². The van der Waals surface area contributed by atoms with Crippen LogP contribution in [0, 0.1) is 5.82 Å². The van der Waals surface area contributed by atoms with Gasteiger partial charge in [-0.3, -0.25) is 0 Å². The van der Waals surface area contributed by atoms with E-state index >= 15 is 0 Å². The molecule has 90 valence electrons. The maximum atomic E-state index is 13.1. The SMILES string of the molecule is NC(CO)c1cncn1-c1ccc(F)c(Br)c1. The van der Waals surface area contributed by atoms with Gasteiger partial charge in [0.25, 0.3) is 0 Å². The lowest BCUT2D eigenvalue weighted by molar-refractivity contribution is 0.265. The van der Waals surface area contributed by atoms with Gasteiger partial charge >= 0.3 is 0 Å². The van der Waals surface area contributed by atoms with Gasteiger partial charge in [0.2, 0.25) is 0 Å². The van der Waals surface area contributed by atoms with Gasteiger partial charge in [-0.05, 0) is 34.1 Å². The number of aliphatic hydroxyl groups is 1. The van der Waals surface area contributed by atoms with Crippen LogP contribution in [0.4, 0.5) is 4.39 Å². The van der Waals surface area contributed by atoms with Crippen LogP contribution in [0.1, 0.15) is 11.7 Å². The molecule has 4 nitrogen and oxygen atoms in total. The molecule has 0 saturated heterocycles. The second-order valence-electron chi connectivity index (χ2n) is 3.58. The molecule has 2 aromatic rings. The quantitative estimate of drug-likeness (QED) is 0.908. The van der Waals surface area contributed by atoms with E-state index in [-0.39, 0.29) is 12.4 Å². The molecule has 0 aliphatic heterocycles. The summed E-state index contributed by atoms with van der Waals surface area (Å²) in [5.74, 6) is -0.332. The lowest BCUT2D eigenvalue weighted by atomic mass is 10.2. The first-order chi connectivity index (χ1) is 8.13. The molecule has 0 bridgehead atoms. The summed E-state index contributed by atoms with van der Waals surface area (Å²) in [5.41, 5.74) is 7.15. The fourth-order valence-corrected chi connectivity index (χ4v) is 1.89. The molecule has 1 atom stereocenters. The van der Waals surface area contributed by atoms with Crippen LogP contribution in [0.15, 0.2) is 35.2 Å². The third-order valence-corrected chi connectivity index (χ3v) is 3.03. The van der Waals surface area contributed by atoms with Gasteiger partial charge in [-0.2, -0.15) is 0 Å². The fourth-order valence-electron chi connectivity index (χ4n) is 1.52. The zero-order valence-electron chi connectivity index (χ0n) is 8.85. The Morgan fingerprint density at radius 1 is 1.53 bits per heavy atom. The normalized spacial score (nSPS) is 12.7. The maximum absolute atomic E-state index is 13.1. The van der Waals surface area contributed by atoms with Gasteiger partial charge in [-0.1, -0.05) is 0 Å². The molecule has 3 N–H and O–H groups in total. The second-order valence-corrected chi connectivity index (χ2v) is 4.43. The van der Waals surface area contributed by atoms with Crippen LogP contribution in [0.3, 0.4) is 0 Å². The largest absolute Gasteiger partial charge is 0.394 e. The number of hydrogen-bond donors (Lipinski definition) is 2. The zero-order valence-corrected chi connectivity index (χ0v) is 10.4. The molecule has 1 heterocycles. The Kier molecular flexibility index (Phi) is 3.56. The van der Waals surface area contributed by atoms with Crippen molar-refractivity contribution >= 4 is 15.9 Å².